The molecule has 1 aromatic rings. The van der Waals surface area contributed by atoms with Crippen LogP contribution in [0.15, 0.2) is 18.2 Å². The molecule has 0 atom stereocenters. The molecule has 1 amide bonds. The highest BCUT2D eigenvalue weighted by Gasteiger charge is 2.38. The molecule has 0 unspecified atom stereocenters. The maximum absolute atomic E-state index is 12.0. The number of benzene rings is 1. The smallest absolute Gasteiger partial charge is 0.253 e. The van der Waals surface area contributed by atoms with Gasteiger partial charge in [-0.3, -0.25) is 4.79 Å². The molecular formula is C12H16N2O2. The van der Waals surface area contributed by atoms with E-state index in [1.165, 1.54) is 0 Å². The van der Waals surface area contributed by atoms with E-state index in [1.54, 1.807) is 30.0 Å². The van der Waals surface area contributed by atoms with Crippen molar-refractivity contribution in [2.75, 3.05) is 13.1 Å². The van der Waals surface area contributed by atoms with Crippen LogP contribution in [0, 0.1) is 6.92 Å². The Kier molecular flexibility index (Phi) is 2.39. The average Bonchev–Trinajstić information content (AvgIpc) is 2.17. The Hall–Kier alpha value is -1.55. The quantitative estimate of drug-likeness (QED) is 0.738. The third kappa shape index (κ3) is 1.88. The number of rotatable bonds is 1. The summed E-state index contributed by atoms with van der Waals surface area (Å²) in [5.74, 6) is 0.190. The van der Waals surface area contributed by atoms with Crippen molar-refractivity contribution in [3.8, 4) is 5.75 Å². The number of likely N-dealkylation sites (tertiary alicyclic amines) is 1. The van der Waals surface area contributed by atoms with E-state index >= 15 is 0 Å². The SMILES string of the molecule is Cc1cc(C(=O)N2CC(C)(N)C2)ccc1O. The molecule has 0 bridgehead atoms. The molecule has 4 nitrogen and oxygen atoms in total. The predicted octanol–water partition coefficient (Wildman–Crippen LogP) is 0.874. The number of phenols is 1. The van der Waals surface area contributed by atoms with Gasteiger partial charge in [0.25, 0.3) is 5.91 Å². The molecule has 1 aliphatic rings. The molecule has 0 spiro atoms. The normalized spacial score (nSPS) is 18.1. The van der Waals surface area contributed by atoms with Crippen molar-refractivity contribution in [1.82, 2.24) is 4.90 Å². The maximum Gasteiger partial charge on any atom is 0.253 e. The second kappa shape index (κ2) is 3.49. The van der Waals surface area contributed by atoms with Crippen LogP contribution in [0.25, 0.3) is 0 Å². The third-order valence-electron chi connectivity index (χ3n) is 2.84. The fourth-order valence-corrected chi connectivity index (χ4v) is 1.94. The summed E-state index contributed by atoms with van der Waals surface area (Å²) in [7, 11) is 0. The molecule has 2 rings (SSSR count). The van der Waals surface area contributed by atoms with E-state index in [-0.39, 0.29) is 17.2 Å². The van der Waals surface area contributed by atoms with Crippen LogP contribution in [0.1, 0.15) is 22.8 Å². The fraction of sp³-hybridized carbons (Fsp3) is 0.417. The van der Waals surface area contributed by atoms with Crippen LogP contribution in [0.2, 0.25) is 0 Å². The number of amides is 1. The molecule has 1 saturated heterocycles. The number of aryl methyl sites for hydroxylation is 1. The molecule has 1 aromatic carbocycles. The van der Waals surface area contributed by atoms with Crippen LogP contribution in [0.4, 0.5) is 0 Å². The van der Waals surface area contributed by atoms with Gasteiger partial charge in [0.2, 0.25) is 0 Å². The van der Waals surface area contributed by atoms with E-state index in [4.69, 9.17) is 5.73 Å². The molecule has 3 N–H and O–H groups in total. The molecule has 1 aliphatic heterocycles. The minimum Gasteiger partial charge on any atom is -0.508 e. The monoisotopic (exact) mass is 220 g/mol. The van der Waals surface area contributed by atoms with E-state index in [0.29, 0.717) is 24.2 Å². The third-order valence-corrected chi connectivity index (χ3v) is 2.84. The molecule has 1 heterocycles. The lowest BCUT2D eigenvalue weighted by atomic mass is 9.93. The summed E-state index contributed by atoms with van der Waals surface area (Å²) in [5.41, 5.74) is 6.91. The molecule has 16 heavy (non-hydrogen) atoms. The number of nitrogens with zero attached hydrogens (tertiary/aromatic N) is 1. The zero-order valence-corrected chi connectivity index (χ0v) is 9.53. The lowest BCUT2D eigenvalue weighted by Gasteiger charge is -2.45. The van der Waals surface area contributed by atoms with Crippen LogP contribution in [0.3, 0.4) is 0 Å². The van der Waals surface area contributed by atoms with Crippen LogP contribution < -0.4 is 5.73 Å². The Balaban J connectivity index is 2.13. The van der Waals surface area contributed by atoms with E-state index in [1.807, 2.05) is 6.92 Å². The summed E-state index contributed by atoms with van der Waals surface area (Å²) in [4.78, 5) is 13.7. The van der Waals surface area contributed by atoms with E-state index < -0.39 is 0 Å². The molecule has 0 aliphatic carbocycles. The second-order valence-electron chi connectivity index (χ2n) is 4.82. The van der Waals surface area contributed by atoms with Gasteiger partial charge in [0.1, 0.15) is 5.75 Å². The Morgan fingerprint density at radius 2 is 2.12 bits per heavy atom. The lowest BCUT2D eigenvalue weighted by Crippen LogP contribution is -2.66. The predicted molar refractivity (Wildman–Crippen MR) is 61.3 cm³/mol. The topological polar surface area (TPSA) is 66.6 Å². The number of hydrogen-bond donors (Lipinski definition) is 2. The van der Waals surface area contributed by atoms with Crippen LogP contribution in [-0.2, 0) is 0 Å². The van der Waals surface area contributed by atoms with Gasteiger partial charge in [-0.1, -0.05) is 0 Å². The Morgan fingerprint density at radius 3 is 2.62 bits per heavy atom. The molecule has 4 heteroatoms. The second-order valence-corrected chi connectivity index (χ2v) is 4.82. The van der Waals surface area contributed by atoms with Gasteiger partial charge in [-0.15, -0.1) is 0 Å². The zero-order chi connectivity index (χ0) is 11.9. The number of carbonyl (C=O) groups excluding carboxylic acids is 1. The van der Waals surface area contributed by atoms with Crippen molar-refractivity contribution >= 4 is 5.91 Å². The number of carbonyl (C=O) groups is 1. The molecule has 0 aromatic heterocycles. The van der Waals surface area contributed by atoms with Gasteiger partial charge < -0.3 is 15.7 Å². The molecule has 1 fully saturated rings. The maximum atomic E-state index is 12.0. The van der Waals surface area contributed by atoms with Crippen molar-refractivity contribution in [2.24, 2.45) is 5.73 Å². The minimum atomic E-state index is -0.248. The molecule has 0 saturated carbocycles. The van der Waals surface area contributed by atoms with Crippen LogP contribution >= 0.6 is 0 Å². The summed E-state index contributed by atoms with van der Waals surface area (Å²) < 4.78 is 0. The van der Waals surface area contributed by atoms with Gasteiger partial charge in [-0.05, 0) is 37.6 Å². The highest BCUT2D eigenvalue weighted by Crippen LogP contribution is 2.22. The van der Waals surface area contributed by atoms with Crippen molar-refractivity contribution < 1.29 is 9.90 Å². The molecule has 0 radical (unpaired) electrons. The van der Waals surface area contributed by atoms with E-state index in [9.17, 15) is 9.90 Å². The van der Waals surface area contributed by atoms with Gasteiger partial charge >= 0.3 is 0 Å². The number of phenolic OH excluding ortho intramolecular Hbond substituents is 1. The van der Waals surface area contributed by atoms with E-state index in [0.717, 1.165) is 0 Å². The Labute approximate surface area is 94.7 Å². The van der Waals surface area contributed by atoms with Crippen molar-refractivity contribution in [3.63, 3.8) is 0 Å². The highest BCUT2D eigenvalue weighted by molar-refractivity contribution is 5.95. The zero-order valence-electron chi connectivity index (χ0n) is 9.53. The highest BCUT2D eigenvalue weighted by atomic mass is 16.3. The summed E-state index contributed by atoms with van der Waals surface area (Å²) in [6.07, 6.45) is 0. The number of nitrogens with two attached hydrogens (primary N) is 1. The molecule has 86 valence electrons. The largest absolute Gasteiger partial charge is 0.508 e. The number of aromatic hydroxyl groups is 1. The first kappa shape index (κ1) is 11.0. The summed E-state index contributed by atoms with van der Waals surface area (Å²) in [6.45, 7) is 4.88. The fourth-order valence-electron chi connectivity index (χ4n) is 1.94. The standard InChI is InChI=1S/C12H16N2O2/c1-8-5-9(3-4-10(8)15)11(16)14-6-12(2,13)7-14/h3-5,15H,6-7,13H2,1-2H3. The van der Waals surface area contributed by atoms with Crippen molar-refractivity contribution in [1.29, 1.82) is 0 Å². The Bertz CT molecular complexity index is 433. The van der Waals surface area contributed by atoms with Gasteiger partial charge in [-0.25, -0.2) is 0 Å². The summed E-state index contributed by atoms with van der Waals surface area (Å²) in [6, 6.07) is 4.88. The van der Waals surface area contributed by atoms with Gasteiger partial charge in [0.15, 0.2) is 0 Å². The van der Waals surface area contributed by atoms with Crippen LogP contribution in [0.5, 0.6) is 5.75 Å². The van der Waals surface area contributed by atoms with Crippen molar-refractivity contribution in [3.05, 3.63) is 29.3 Å². The Morgan fingerprint density at radius 1 is 1.50 bits per heavy atom. The lowest BCUT2D eigenvalue weighted by molar-refractivity contribution is 0.0453. The first-order chi connectivity index (χ1) is 7.39. The first-order valence-electron chi connectivity index (χ1n) is 5.27. The summed E-state index contributed by atoms with van der Waals surface area (Å²) >= 11 is 0. The van der Waals surface area contributed by atoms with Gasteiger partial charge in [0, 0.05) is 24.2 Å². The van der Waals surface area contributed by atoms with Crippen molar-refractivity contribution in [2.45, 2.75) is 19.4 Å². The molecular weight excluding hydrogens is 204 g/mol. The van der Waals surface area contributed by atoms with Gasteiger partial charge in [-0.2, -0.15) is 0 Å². The summed E-state index contributed by atoms with van der Waals surface area (Å²) in [5, 5.41) is 9.37. The first-order valence-corrected chi connectivity index (χ1v) is 5.27. The average molecular weight is 220 g/mol. The van der Waals surface area contributed by atoms with Gasteiger partial charge in [0.05, 0.1) is 0 Å². The van der Waals surface area contributed by atoms with Crippen LogP contribution in [-0.4, -0.2) is 34.5 Å². The number of hydrogen-bond acceptors (Lipinski definition) is 3. The van der Waals surface area contributed by atoms with E-state index in [2.05, 4.69) is 0 Å². The minimum absolute atomic E-state index is 0.0222.